The molecule has 0 aliphatic rings. The highest BCUT2D eigenvalue weighted by Gasteiger charge is 2.35. The van der Waals surface area contributed by atoms with E-state index in [9.17, 15) is 13.2 Å². The second kappa shape index (κ2) is 3.13. The van der Waals surface area contributed by atoms with Gasteiger partial charge in [0.1, 0.15) is 10.7 Å². The normalized spacial score (nSPS) is 11.9. The summed E-state index contributed by atoms with van der Waals surface area (Å²) in [5.41, 5.74) is -0.770. The van der Waals surface area contributed by atoms with Gasteiger partial charge in [-0.2, -0.15) is 18.3 Å². The summed E-state index contributed by atoms with van der Waals surface area (Å²) in [6.07, 6.45) is -3.25. The molecule has 2 aromatic rings. The molecular formula is C8H4F3N2S. The Morgan fingerprint density at radius 3 is 2.79 bits per heavy atom. The van der Waals surface area contributed by atoms with E-state index < -0.39 is 11.9 Å². The largest absolute Gasteiger partial charge is 0.433 e. The summed E-state index contributed by atoms with van der Waals surface area (Å²) in [7, 11) is 0. The first kappa shape index (κ1) is 9.26. The SMILES string of the molecule is FC(F)(F)c1ccnn1-c1c[c]cs1. The van der Waals surface area contributed by atoms with Crippen molar-refractivity contribution in [2.24, 2.45) is 0 Å². The minimum absolute atomic E-state index is 0.405. The van der Waals surface area contributed by atoms with Gasteiger partial charge < -0.3 is 0 Å². The monoisotopic (exact) mass is 217 g/mol. The lowest BCUT2D eigenvalue weighted by Crippen LogP contribution is -2.12. The summed E-state index contributed by atoms with van der Waals surface area (Å²) < 4.78 is 38.1. The van der Waals surface area contributed by atoms with Crippen LogP contribution in [0.1, 0.15) is 5.69 Å². The molecule has 0 amide bonds. The smallest absolute Gasteiger partial charge is 0.218 e. The maximum absolute atomic E-state index is 12.4. The van der Waals surface area contributed by atoms with Crippen molar-refractivity contribution in [1.82, 2.24) is 9.78 Å². The van der Waals surface area contributed by atoms with Gasteiger partial charge in [0.25, 0.3) is 0 Å². The number of thiophene rings is 1. The van der Waals surface area contributed by atoms with Crippen LogP contribution >= 0.6 is 11.3 Å². The summed E-state index contributed by atoms with van der Waals surface area (Å²) in [6.45, 7) is 0. The van der Waals surface area contributed by atoms with Crippen molar-refractivity contribution >= 4 is 11.3 Å². The summed E-state index contributed by atoms with van der Waals surface area (Å²) in [5.74, 6) is 0. The van der Waals surface area contributed by atoms with Gasteiger partial charge in [-0.25, -0.2) is 4.68 Å². The lowest BCUT2D eigenvalue weighted by atomic mass is 10.4. The molecule has 73 valence electrons. The van der Waals surface area contributed by atoms with Crippen molar-refractivity contribution in [3.63, 3.8) is 0 Å². The molecule has 0 aliphatic heterocycles. The van der Waals surface area contributed by atoms with E-state index in [-0.39, 0.29) is 0 Å². The zero-order valence-electron chi connectivity index (χ0n) is 6.75. The van der Waals surface area contributed by atoms with E-state index in [1.807, 2.05) is 0 Å². The highest BCUT2D eigenvalue weighted by atomic mass is 32.1. The molecule has 0 N–H and O–H groups in total. The number of halogens is 3. The third-order valence-corrected chi connectivity index (χ3v) is 2.38. The zero-order chi connectivity index (χ0) is 10.2. The maximum Gasteiger partial charge on any atom is 0.433 e. The highest BCUT2D eigenvalue weighted by Crippen LogP contribution is 2.31. The van der Waals surface area contributed by atoms with Crippen LogP contribution in [-0.2, 0) is 6.18 Å². The van der Waals surface area contributed by atoms with Crippen LogP contribution in [0.3, 0.4) is 0 Å². The van der Waals surface area contributed by atoms with Crippen LogP contribution in [-0.4, -0.2) is 9.78 Å². The summed E-state index contributed by atoms with van der Waals surface area (Å²) in [6, 6.07) is 5.10. The van der Waals surface area contributed by atoms with E-state index in [0.717, 1.165) is 28.3 Å². The van der Waals surface area contributed by atoms with Gasteiger partial charge in [0.15, 0.2) is 0 Å². The summed E-state index contributed by atoms with van der Waals surface area (Å²) in [4.78, 5) is 0. The standard InChI is InChI=1S/C8H4F3N2S/c9-8(10,11)6-3-4-12-13(6)7-2-1-5-14-7/h2-5H. The van der Waals surface area contributed by atoms with Crippen molar-refractivity contribution in [2.75, 3.05) is 0 Å². The first-order valence-corrected chi connectivity index (χ1v) is 4.53. The lowest BCUT2D eigenvalue weighted by Gasteiger charge is -2.07. The first-order chi connectivity index (χ1) is 6.59. The predicted octanol–water partition coefficient (Wildman–Crippen LogP) is 2.75. The van der Waals surface area contributed by atoms with E-state index in [0.29, 0.717) is 5.00 Å². The molecule has 2 rings (SSSR count). The Hall–Kier alpha value is -1.30. The fraction of sp³-hybridized carbons (Fsp3) is 0.125. The fourth-order valence-corrected chi connectivity index (χ4v) is 1.68. The number of hydrogen-bond acceptors (Lipinski definition) is 2. The quantitative estimate of drug-likeness (QED) is 0.718. The summed E-state index contributed by atoms with van der Waals surface area (Å²) in [5, 5.41) is 5.60. The molecule has 6 heteroatoms. The van der Waals surface area contributed by atoms with Crippen molar-refractivity contribution < 1.29 is 13.2 Å². The van der Waals surface area contributed by atoms with E-state index in [4.69, 9.17) is 0 Å². The van der Waals surface area contributed by atoms with Crippen molar-refractivity contribution in [2.45, 2.75) is 6.18 Å². The Bertz CT molecular complexity index is 416. The van der Waals surface area contributed by atoms with E-state index in [2.05, 4.69) is 11.2 Å². The van der Waals surface area contributed by atoms with Gasteiger partial charge in [-0.3, -0.25) is 0 Å². The average molecular weight is 217 g/mol. The second-order valence-corrected chi connectivity index (χ2v) is 3.40. The lowest BCUT2D eigenvalue weighted by molar-refractivity contribution is -0.142. The van der Waals surface area contributed by atoms with Gasteiger partial charge in [0.2, 0.25) is 0 Å². The molecular weight excluding hydrogens is 213 g/mol. The molecule has 14 heavy (non-hydrogen) atoms. The predicted molar refractivity (Wildman–Crippen MR) is 45.3 cm³/mol. The third-order valence-electron chi connectivity index (χ3n) is 1.60. The highest BCUT2D eigenvalue weighted by molar-refractivity contribution is 7.12. The van der Waals surface area contributed by atoms with Gasteiger partial charge >= 0.3 is 6.18 Å². The molecule has 2 heterocycles. The Balaban J connectivity index is 2.51. The van der Waals surface area contributed by atoms with Crippen LogP contribution in [0.15, 0.2) is 23.7 Å². The molecule has 2 nitrogen and oxygen atoms in total. The van der Waals surface area contributed by atoms with Gasteiger partial charge in [-0.1, -0.05) is 0 Å². The Morgan fingerprint density at radius 2 is 2.21 bits per heavy atom. The number of rotatable bonds is 1. The zero-order valence-corrected chi connectivity index (χ0v) is 7.56. The third kappa shape index (κ3) is 1.52. The van der Waals surface area contributed by atoms with E-state index >= 15 is 0 Å². The molecule has 0 spiro atoms. The van der Waals surface area contributed by atoms with Crippen LogP contribution in [0.4, 0.5) is 13.2 Å². The minimum atomic E-state index is -4.37. The topological polar surface area (TPSA) is 17.8 Å². The molecule has 0 saturated carbocycles. The number of alkyl halides is 3. The molecule has 0 atom stereocenters. The van der Waals surface area contributed by atoms with Crippen LogP contribution in [0.5, 0.6) is 0 Å². The molecule has 1 radical (unpaired) electrons. The van der Waals surface area contributed by atoms with Gasteiger partial charge in [-0.15, -0.1) is 11.3 Å². The molecule has 0 aliphatic carbocycles. The van der Waals surface area contributed by atoms with Crippen LogP contribution < -0.4 is 0 Å². The molecule has 0 aromatic carbocycles. The number of hydrogen-bond donors (Lipinski definition) is 0. The van der Waals surface area contributed by atoms with Gasteiger partial charge in [0, 0.05) is 5.38 Å². The van der Waals surface area contributed by atoms with Crippen LogP contribution in [0.25, 0.3) is 5.00 Å². The van der Waals surface area contributed by atoms with Crippen molar-refractivity contribution in [3.8, 4) is 5.00 Å². The fourth-order valence-electron chi connectivity index (χ4n) is 1.04. The molecule has 0 saturated heterocycles. The number of aromatic nitrogens is 2. The van der Waals surface area contributed by atoms with E-state index in [1.165, 1.54) is 6.07 Å². The van der Waals surface area contributed by atoms with Gasteiger partial charge in [0.05, 0.1) is 6.20 Å². The number of nitrogens with zero attached hydrogens (tertiary/aromatic N) is 2. The minimum Gasteiger partial charge on any atom is -0.218 e. The van der Waals surface area contributed by atoms with Crippen LogP contribution in [0.2, 0.25) is 0 Å². The molecule has 0 bridgehead atoms. The molecule has 0 fully saturated rings. The van der Waals surface area contributed by atoms with Crippen LogP contribution in [0, 0.1) is 6.07 Å². The Morgan fingerprint density at radius 1 is 1.43 bits per heavy atom. The average Bonchev–Trinajstić information content (AvgIpc) is 2.73. The van der Waals surface area contributed by atoms with Crippen molar-refractivity contribution in [1.29, 1.82) is 0 Å². The van der Waals surface area contributed by atoms with Crippen molar-refractivity contribution in [3.05, 3.63) is 35.5 Å². The molecule has 2 aromatic heterocycles. The molecule has 0 unspecified atom stereocenters. The Labute approximate surface area is 81.6 Å². The maximum atomic E-state index is 12.4. The summed E-state index contributed by atoms with van der Waals surface area (Å²) >= 11 is 1.16. The van der Waals surface area contributed by atoms with Gasteiger partial charge in [-0.05, 0) is 18.2 Å². The Kier molecular flexibility index (Phi) is 2.07. The second-order valence-electron chi connectivity index (χ2n) is 2.51. The first-order valence-electron chi connectivity index (χ1n) is 3.65. The van der Waals surface area contributed by atoms with E-state index in [1.54, 1.807) is 5.38 Å².